The Morgan fingerprint density at radius 1 is 1.42 bits per heavy atom. The number of hydrogen-bond donors (Lipinski definition) is 2. The molecule has 0 aromatic heterocycles. The van der Waals surface area contributed by atoms with E-state index in [1.807, 2.05) is 0 Å². The first-order valence-electron chi connectivity index (χ1n) is 6.35. The predicted molar refractivity (Wildman–Crippen MR) is 77.7 cm³/mol. The van der Waals surface area contributed by atoms with Crippen LogP contribution < -0.4 is 10.5 Å². The SMILES string of the molecule is CCC1(CNS(=O)(=O)c2cc(N)c(C)cc2Cl)CC1. The maximum Gasteiger partial charge on any atom is 0.242 e. The van der Waals surface area contributed by atoms with E-state index in [2.05, 4.69) is 11.6 Å². The van der Waals surface area contributed by atoms with Crippen LogP contribution in [-0.2, 0) is 10.0 Å². The number of nitrogens with one attached hydrogen (secondary N) is 1. The molecular weight excluding hydrogens is 284 g/mol. The van der Waals surface area contributed by atoms with Gasteiger partial charge in [0, 0.05) is 12.2 Å². The predicted octanol–water partition coefficient (Wildman–Crippen LogP) is 2.70. The van der Waals surface area contributed by atoms with Crippen LogP contribution in [0.4, 0.5) is 5.69 Å². The lowest BCUT2D eigenvalue weighted by Crippen LogP contribution is -2.30. The minimum Gasteiger partial charge on any atom is -0.398 e. The molecule has 0 bridgehead atoms. The highest BCUT2D eigenvalue weighted by molar-refractivity contribution is 7.89. The van der Waals surface area contributed by atoms with Gasteiger partial charge in [0.15, 0.2) is 0 Å². The minimum atomic E-state index is -3.60. The Kier molecular flexibility index (Phi) is 3.82. The lowest BCUT2D eigenvalue weighted by atomic mass is 10.1. The van der Waals surface area contributed by atoms with E-state index in [9.17, 15) is 8.42 Å². The summed E-state index contributed by atoms with van der Waals surface area (Å²) in [5.74, 6) is 0. The molecule has 2 rings (SSSR count). The van der Waals surface area contributed by atoms with Gasteiger partial charge in [-0.1, -0.05) is 18.5 Å². The number of nitrogen functional groups attached to an aromatic ring is 1. The Morgan fingerprint density at radius 2 is 2.05 bits per heavy atom. The molecule has 6 heteroatoms. The van der Waals surface area contributed by atoms with Crippen molar-refractivity contribution in [1.29, 1.82) is 0 Å². The number of hydrogen-bond acceptors (Lipinski definition) is 3. The largest absolute Gasteiger partial charge is 0.398 e. The van der Waals surface area contributed by atoms with Gasteiger partial charge in [-0.25, -0.2) is 13.1 Å². The molecule has 1 aromatic rings. The average molecular weight is 303 g/mol. The van der Waals surface area contributed by atoms with E-state index < -0.39 is 10.0 Å². The lowest BCUT2D eigenvalue weighted by Gasteiger charge is -2.15. The van der Waals surface area contributed by atoms with Gasteiger partial charge in [0.05, 0.1) is 5.02 Å². The summed E-state index contributed by atoms with van der Waals surface area (Å²) in [6, 6.07) is 3.00. The van der Waals surface area contributed by atoms with E-state index in [-0.39, 0.29) is 15.3 Å². The van der Waals surface area contributed by atoms with Crippen LogP contribution in [0.25, 0.3) is 0 Å². The van der Waals surface area contributed by atoms with E-state index >= 15 is 0 Å². The van der Waals surface area contributed by atoms with Crippen molar-refractivity contribution in [2.75, 3.05) is 12.3 Å². The number of anilines is 1. The van der Waals surface area contributed by atoms with Crippen LogP contribution in [0.5, 0.6) is 0 Å². The highest BCUT2D eigenvalue weighted by atomic mass is 35.5. The molecule has 0 unspecified atom stereocenters. The molecule has 1 aromatic carbocycles. The van der Waals surface area contributed by atoms with Gasteiger partial charge in [-0.2, -0.15) is 0 Å². The molecule has 0 spiro atoms. The summed E-state index contributed by atoms with van der Waals surface area (Å²) in [6.45, 7) is 4.34. The van der Waals surface area contributed by atoms with Crippen molar-refractivity contribution >= 4 is 27.3 Å². The first-order valence-corrected chi connectivity index (χ1v) is 8.21. The summed E-state index contributed by atoms with van der Waals surface area (Å²) in [6.07, 6.45) is 3.14. The molecule has 19 heavy (non-hydrogen) atoms. The molecule has 1 aliphatic rings. The zero-order valence-electron chi connectivity index (χ0n) is 11.2. The maximum absolute atomic E-state index is 12.3. The second-order valence-electron chi connectivity index (χ2n) is 5.32. The second kappa shape index (κ2) is 4.96. The molecule has 4 nitrogen and oxygen atoms in total. The monoisotopic (exact) mass is 302 g/mol. The average Bonchev–Trinajstić information content (AvgIpc) is 3.12. The van der Waals surface area contributed by atoms with E-state index in [4.69, 9.17) is 17.3 Å². The first-order chi connectivity index (χ1) is 8.80. The fourth-order valence-corrected chi connectivity index (χ4v) is 3.80. The van der Waals surface area contributed by atoms with Gasteiger partial charge in [-0.15, -0.1) is 0 Å². The van der Waals surface area contributed by atoms with Crippen LogP contribution in [0, 0.1) is 12.3 Å². The van der Waals surface area contributed by atoms with Crippen LogP contribution in [0.3, 0.4) is 0 Å². The fraction of sp³-hybridized carbons (Fsp3) is 0.538. The third kappa shape index (κ3) is 3.04. The highest BCUT2D eigenvalue weighted by Gasteiger charge is 2.41. The van der Waals surface area contributed by atoms with Crippen LogP contribution in [0.2, 0.25) is 5.02 Å². The number of halogens is 1. The summed E-state index contributed by atoms with van der Waals surface area (Å²) in [5.41, 5.74) is 7.11. The summed E-state index contributed by atoms with van der Waals surface area (Å²) in [7, 11) is -3.60. The Hall–Kier alpha value is -0.780. The summed E-state index contributed by atoms with van der Waals surface area (Å²) < 4.78 is 27.2. The van der Waals surface area contributed by atoms with Crippen molar-refractivity contribution in [2.24, 2.45) is 5.41 Å². The molecular formula is C13H19ClN2O2S. The van der Waals surface area contributed by atoms with Crippen LogP contribution >= 0.6 is 11.6 Å². The molecule has 1 saturated carbocycles. The van der Waals surface area contributed by atoms with Crippen LogP contribution in [-0.4, -0.2) is 15.0 Å². The van der Waals surface area contributed by atoms with Crippen molar-refractivity contribution in [2.45, 2.75) is 38.0 Å². The lowest BCUT2D eigenvalue weighted by molar-refractivity contribution is 0.475. The van der Waals surface area contributed by atoms with Crippen molar-refractivity contribution in [3.63, 3.8) is 0 Å². The van der Waals surface area contributed by atoms with E-state index in [0.29, 0.717) is 12.2 Å². The zero-order chi connectivity index (χ0) is 14.3. The third-order valence-corrected chi connectivity index (χ3v) is 5.82. The van der Waals surface area contributed by atoms with E-state index in [0.717, 1.165) is 24.8 Å². The first kappa shape index (κ1) is 14.6. The molecule has 0 radical (unpaired) electrons. The van der Waals surface area contributed by atoms with Gasteiger partial charge >= 0.3 is 0 Å². The maximum atomic E-state index is 12.3. The normalized spacial score (nSPS) is 17.4. The molecule has 0 atom stereocenters. The van der Waals surface area contributed by atoms with E-state index in [1.54, 1.807) is 13.0 Å². The molecule has 106 valence electrons. The number of rotatable bonds is 5. The van der Waals surface area contributed by atoms with Gasteiger partial charge in [-0.05, 0) is 49.3 Å². The molecule has 0 aliphatic heterocycles. The molecule has 0 heterocycles. The molecule has 1 aliphatic carbocycles. The van der Waals surface area contributed by atoms with Crippen molar-refractivity contribution in [3.8, 4) is 0 Å². The fourth-order valence-electron chi connectivity index (χ4n) is 2.03. The van der Waals surface area contributed by atoms with Gasteiger partial charge < -0.3 is 5.73 Å². The van der Waals surface area contributed by atoms with Crippen molar-refractivity contribution in [3.05, 3.63) is 22.7 Å². The van der Waals surface area contributed by atoms with Crippen molar-refractivity contribution < 1.29 is 8.42 Å². The second-order valence-corrected chi connectivity index (χ2v) is 7.46. The number of benzene rings is 1. The number of aryl methyl sites for hydroxylation is 1. The van der Waals surface area contributed by atoms with E-state index in [1.165, 1.54) is 6.07 Å². The van der Waals surface area contributed by atoms with Crippen LogP contribution in [0.15, 0.2) is 17.0 Å². The van der Waals surface area contributed by atoms with Gasteiger partial charge in [0.1, 0.15) is 4.90 Å². The third-order valence-electron chi connectivity index (χ3n) is 3.95. The molecule has 0 amide bonds. The topological polar surface area (TPSA) is 72.2 Å². The zero-order valence-corrected chi connectivity index (χ0v) is 12.7. The Morgan fingerprint density at radius 3 is 2.58 bits per heavy atom. The minimum absolute atomic E-state index is 0.0594. The smallest absolute Gasteiger partial charge is 0.242 e. The quantitative estimate of drug-likeness (QED) is 0.821. The summed E-state index contributed by atoms with van der Waals surface area (Å²) in [4.78, 5) is 0.0594. The molecule has 1 fully saturated rings. The van der Waals surface area contributed by atoms with Gasteiger partial charge in [-0.3, -0.25) is 0 Å². The van der Waals surface area contributed by atoms with Crippen LogP contribution in [0.1, 0.15) is 31.7 Å². The summed E-state index contributed by atoms with van der Waals surface area (Å²) >= 11 is 6.01. The van der Waals surface area contributed by atoms with Crippen molar-refractivity contribution in [1.82, 2.24) is 4.72 Å². The van der Waals surface area contributed by atoms with Gasteiger partial charge in [0.25, 0.3) is 0 Å². The molecule has 3 N–H and O–H groups in total. The Balaban J connectivity index is 2.22. The van der Waals surface area contributed by atoms with Gasteiger partial charge in [0.2, 0.25) is 10.0 Å². The Labute approximate surface area is 119 Å². The molecule has 0 saturated heterocycles. The summed E-state index contributed by atoms with van der Waals surface area (Å²) in [5, 5.41) is 0.209. The number of nitrogens with two attached hydrogens (primary N) is 1. The number of sulfonamides is 1. The Bertz CT molecular complexity index is 595. The standard InChI is InChI=1S/C13H19ClN2O2S/c1-3-13(4-5-13)8-16-19(17,18)12-7-11(15)9(2)6-10(12)14/h6-7,16H,3-5,8,15H2,1-2H3. The highest BCUT2D eigenvalue weighted by Crippen LogP contribution is 2.48.